The van der Waals surface area contributed by atoms with Gasteiger partial charge in [-0.15, -0.1) is 0 Å². The molecule has 3 nitrogen and oxygen atoms in total. The molecule has 0 aliphatic rings. The number of benzene rings is 2. The highest BCUT2D eigenvalue weighted by molar-refractivity contribution is 7.39. The van der Waals surface area contributed by atoms with E-state index in [0.717, 1.165) is 11.5 Å². The van der Waals surface area contributed by atoms with E-state index in [1.165, 1.54) is 5.56 Å². The van der Waals surface area contributed by atoms with Gasteiger partial charge >= 0.3 is 0 Å². The van der Waals surface area contributed by atoms with E-state index >= 15 is 0 Å². The molecule has 0 spiro atoms. The topological polar surface area (TPSA) is 30.8 Å². The van der Waals surface area contributed by atoms with E-state index in [2.05, 4.69) is 4.52 Å². The van der Waals surface area contributed by atoms with E-state index in [-0.39, 0.29) is 8.96 Å². The number of aryl methyl sites for hydroxylation is 1. The second-order valence-electron chi connectivity index (χ2n) is 3.59. The minimum atomic E-state index is 0.0458. The highest BCUT2D eigenvalue weighted by Crippen LogP contribution is 2.26. The molecule has 2 aromatic carbocycles. The van der Waals surface area contributed by atoms with Crippen molar-refractivity contribution in [1.82, 2.24) is 0 Å². The van der Waals surface area contributed by atoms with Crippen molar-refractivity contribution in [2.75, 3.05) is 0 Å². The molecule has 0 heterocycles. The molecule has 0 fully saturated rings. The summed E-state index contributed by atoms with van der Waals surface area (Å²) in [7, 11) is 0.602. The number of nitrogens with zero attached hydrogens (tertiary/aromatic N) is 1. The largest absolute Gasteiger partial charge is 0.454 e. The van der Waals surface area contributed by atoms with E-state index in [4.69, 9.17) is 9.05 Å². The molecule has 0 aromatic heterocycles. The highest BCUT2D eigenvalue weighted by Gasteiger charge is 1.92. The van der Waals surface area contributed by atoms with Gasteiger partial charge in [0.1, 0.15) is 11.5 Å². The third-order valence-electron chi connectivity index (χ3n) is 2.16. The molecular formula is C13H13NO2P2. The average molecular weight is 277 g/mol. The van der Waals surface area contributed by atoms with Crippen LogP contribution in [0.4, 0.5) is 0 Å². The Bertz CT molecular complexity index is 500. The fourth-order valence-electron chi connectivity index (χ4n) is 1.25. The summed E-state index contributed by atoms with van der Waals surface area (Å²) in [6, 6.07) is 17.5. The molecule has 2 rings (SSSR count). The minimum absolute atomic E-state index is 0.0458. The molecule has 1 atom stereocenters. The molecule has 0 aliphatic carbocycles. The molecule has 0 saturated heterocycles. The molecule has 0 radical (unpaired) electrons. The zero-order chi connectivity index (χ0) is 12.6. The van der Waals surface area contributed by atoms with Crippen LogP contribution in [0.2, 0.25) is 0 Å². The molecule has 0 N–H and O–H groups in total. The van der Waals surface area contributed by atoms with Crippen LogP contribution in [0.1, 0.15) is 5.56 Å². The van der Waals surface area contributed by atoms with Crippen LogP contribution < -0.4 is 9.05 Å². The Morgan fingerprint density at radius 1 is 0.944 bits per heavy atom. The Balaban J connectivity index is 1.74. The summed E-state index contributed by atoms with van der Waals surface area (Å²) >= 11 is 0. The smallest absolute Gasteiger partial charge is 0.249 e. The van der Waals surface area contributed by atoms with Crippen molar-refractivity contribution in [2.24, 2.45) is 4.52 Å². The molecule has 1 unspecified atom stereocenters. The first kappa shape index (κ1) is 13.0. The van der Waals surface area contributed by atoms with Gasteiger partial charge in [0.15, 0.2) is 0 Å². The first-order valence-electron chi connectivity index (χ1n) is 5.45. The number of rotatable bonds is 5. The molecule has 0 aliphatic heterocycles. The van der Waals surface area contributed by atoms with Crippen molar-refractivity contribution in [2.45, 2.75) is 6.92 Å². The Kier molecular flexibility index (Phi) is 5.14. The molecule has 0 saturated carbocycles. The molecule has 18 heavy (non-hydrogen) atoms. The van der Waals surface area contributed by atoms with Crippen LogP contribution in [0.25, 0.3) is 0 Å². The van der Waals surface area contributed by atoms with Gasteiger partial charge in [-0.1, -0.05) is 35.9 Å². The zero-order valence-electron chi connectivity index (χ0n) is 9.91. The van der Waals surface area contributed by atoms with Crippen LogP contribution in [0.15, 0.2) is 59.1 Å². The maximum atomic E-state index is 5.47. The van der Waals surface area contributed by atoms with E-state index in [9.17, 15) is 0 Å². The van der Waals surface area contributed by atoms with Crippen LogP contribution in [0.5, 0.6) is 11.5 Å². The number of hydrogen-bond donors (Lipinski definition) is 0. The predicted molar refractivity (Wildman–Crippen MR) is 76.5 cm³/mol. The second kappa shape index (κ2) is 7.10. The lowest BCUT2D eigenvalue weighted by atomic mass is 10.2. The van der Waals surface area contributed by atoms with Gasteiger partial charge in [-0.25, -0.2) is 0 Å². The first-order chi connectivity index (χ1) is 8.84. The van der Waals surface area contributed by atoms with E-state index in [1.54, 1.807) is 0 Å². The lowest BCUT2D eigenvalue weighted by Crippen LogP contribution is -1.76. The maximum Gasteiger partial charge on any atom is 0.249 e. The first-order valence-corrected chi connectivity index (χ1v) is 7.07. The third kappa shape index (κ3) is 4.44. The van der Waals surface area contributed by atoms with Gasteiger partial charge in [-0.05, 0) is 31.2 Å². The number of para-hydroxylation sites is 1. The van der Waals surface area contributed by atoms with Crippen molar-refractivity contribution in [3.05, 3.63) is 60.2 Å². The van der Waals surface area contributed by atoms with Gasteiger partial charge in [0.2, 0.25) is 17.6 Å². The third-order valence-corrected chi connectivity index (χ3v) is 3.43. The summed E-state index contributed by atoms with van der Waals surface area (Å²) in [6.07, 6.45) is 0. The van der Waals surface area contributed by atoms with Crippen molar-refractivity contribution in [3.8, 4) is 11.5 Å². The summed E-state index contributed by atoms with van der Waals surface area (Å²) in [5.41, 5.74) is 1.22. The standard InChI is InChI=1S/C13H13NO2P2/c1-11-7-9-13(10-8-11)16-18-14-17-15-12-5-3-2-4-6-12/h2-10,18H,1H3. The van der Waals surface area contributed by atoms with Crippen molar-refractivity contribution in [3.63, 3.8) is 0 Å². The lowest BCUT2D eigenvalue weighted by Gasteiger charge is -2.01. The summed E-state index contributed by atoms with van der Waals surface area (Å²) in [5.74, 6) is 1.64. The Morgan fingerprint density at radius 2 is 1.67 bits per heavy atom. The predicted octanol–water partition coefficient (Wildman–Crippen LogP) is 5.01. The van der Waals surface area contributed by atoms with E-state index < -0.39 is 0 Å². The quantitative estimate of drug-likeness (QED) is 0.719. The second-order valence-corrected chi connectivity index (χ2v) is 5.12. The molecular weight excluding hydrogens is 264 g/mol. The Labute approximate surface area is 110 Å². The molecule has 2 aromatic rings. The summed E-state index contributed by atoms with van der Waals surface area (Å²) in [6.45, 7) is 2.04. The van der Waals surface area contributed by atoms with E-state index in [1.807, 2.05) is 61.5 Å². The van der Waals surface area contributed by atoms with Gasteiger partial charge in [-0.3, -0.25) is 0 Å². The molecule has 0 amide bonds. The van der Waals surface area contributed by atoms with Crippen molar-refractivity contribution >= 4 is 17.6 Å². The summed E-state index contributed by atoms with van der Waals surface area (Å²) in [5, 5.41) is 0. The van der Waals surface area contributed by atoms with Crippen LogP contribution in [0.3, 0.4) is 0 Å². The van der Waals surface area contributed by atoms with Crippen LogP contribution in [-0.4, -0.2) is 0 Å². The Hall–Kier alpha value is -1.43. The highest BCUT2D eigenvalue weighted by atomic mass is 31.1. The van der Waals surface area contributed by atoms with Crippen LogP contribution in [-0.2, 0) is 0 Å². The van der Waals surface area contributed by atoms with Gasteiger partial charge < -0.3 is 9.05 Å². The van der Waals surface area contributed by atoms with Gasteiger partial charge in [0, 0.05) is 0 Å². The molecule has 0 bridgehead atoms. The average Bonchev–Trinajstić information content (AvgIpc) is 2.42. The van der Waals surface area contributed by atoms with Crippen LogP contribution in [0, 0.1) is 6.92 Å². The molecule has 92 valence electrons. The lowest BCUT2D eigenvalue weighted by molar-refractivity contribution is 0.626. The van der Waals surface area contributed by atoms with E-state index in [0.29, 0.717) is 8.60 Å². The zero-order valence-corrected chi connectivity index (χ0v) is 11.8. The maximum absolute atomic E-state index is 5.47. The van der Waals surface area contributed by atoms with Crippen molar-refractivity contribution in [1.29, 1.82) is 0 Å². The Morgan fingerprint density at radius 3 is 2.39 bits per heavy atom. The van der Waals surface area contributed by atoms with Crippen LogP contribution >= 0.6 is 17.6 Å². The fraction of sp³-hybridized carbons (Fsp3) is 0.0769. The molecule has 5 heteroatoms. The normalized spacial score (nSPS) is 11.2. The summed E-state index contributed by atoms with van der Waals surface area (Å²) in [4.78, 5) is 0. The monoisotopic (exact) mass is 277 g/mol. The van der Waals surface area contributed by atoms with Gasteiger partial charge in [-0.2, -0.15) is 4.52 Å². The van der Waals surface area contributed by atoms with Crippen molar-refractivity contribution < 1.29 is 9.05 Å². The van der Waals surface area contributed by atoms with Gasteiger partial charge in [0.25, 0.3) is 0 Å². The minimum Gasteiger partial charge on any atom is -0.454 e. The summed E-state index contributed by atoms with van der Waals surface area (Å²) < 4.78 is 15.0. The fourth-order valence-corrected chi connectivity index (χ4v) is 2.16. The van der Waals surface area contributed by atoms with Gasteiger partial charge in [0.05, 0.1) is 0 Å². The number of hydrogen-bond acceptors (Lipinski definition) is 3. The SMILES string of the molecule is Cc1ccc(OPN=POc2ccccc2)cc1.